The van der Waals surface area contributed by atoms with Gasteiger partial charge in [0.2, 0.25) is 0 Å². The molecule has 0 aromatic heterocycles. The van der Waals surface area contributed by atoms with E-state index in [0.717, 1.165) is 64.5 Å². The molecular weight excluding hydrogens is 789 g/mol. The highest BCUT2D eigenvalue weighted by atomic mass is 16.5. The predicted molar refractivity (Wildman–Crippen MR) is 276 cm³/mol. The zero-order valence-corrected chi connectivity index (χ0v) is 44.8. The second kappa shape index (κ2) is 33.2. The molecule has 64 heavy (non-hydrogen) atoms. The van der Waals surface area contributed by atoms with Gasteiger partial charge in [0, 0.05) is 48.1 Å². The van der Waals surface area contributed by atoms with Crippen LogP contribution in [0.2, 0.25) is 0 Å². The van der Waals surface area contributed by atoms with Crippen LogP contribution >= 0.6 is 0 Å². The number of hydrogen-bond acceptors (Lipinski definition) is 6. The highest BCUT2D eigenvalue weighted by molar-refractivity contribution is 5.69. The molecule has 2 heterocycles. The fraction of sp³-hybridized carbons (Fsp3) is 0.931. The lowest BCUT2D eigenvalue weighted by molar-refractivity contribution is -0.146. The van der Waals surface area contributed by atoms with Gasteiger partial charge in [-0.3, -0.25) is 19.4 Å². The molecule has 0 aromatic rings. The van der Waals surface area contributed by atoms with Crippen molar-refractivity contribution in [2.75, 3.05) is 26.3 Å². The minimum Gasteiger partial charge on any atom is -0.464 e. The van der Waals surface area contributed by atoms with Gasteiger partial charge in [0.1, 0.15) is 13.2 Å². The first-order valence-corrected chi connectivity index (χ1v) is 28.1. The zero-order chi connectivity index (χ0) is 47.2. The monoisotopic (exact) mass is 899 g/mol. The third kappa shape index (κ3) is 25.1. The van der Waals surface area contributed by atoms with Crippen LogP contribution in [0.4, 0.5) is 0 Å². The fourth-order valence-electron chi connectivity index (χ4n) is 11.9. The SMILES string of the molecule is CCCCCCCCCCCCCCCCCC(=O)OCCN1C(C)(C)CC(=C2CC(C)(C)N(CCOC(=O)CCCCCCCCCCCCCCCCC)C(C)(C)C2)CC1(C)C. The summed E-state index contributed by atoms with van der Waals surface area (Å²) in [6.45, 7) is 26.1. The smallest absolute Gasteiger partial charge is 0.305 e. The van der Waals surface area contributed by atoms with E-state index in [1.165, 1.54) is 167 Å². The van der Waals surface area contributed by atoms with Crippen molar-refractivity contribution in [2.45, 2.75) is 323 Å². The number of esters is 2. The average molecular weight is 900 g/mol. The van der Waals surface area contributed by atoms with E-state index in [2.05, 4.69) is 79.0 Å². The Morgan fingerprint density at radius 2 is 0.562 bits per heavy atom. The van der Waals surface area contributed by atoms with Crippen molar-refractivity contribution >= 4 is 11.9 Å². The molecule has 0 amide bonds. The van der Waals surface area contributed by atoms with Crippen molar-refractivity contribution in [3.05, 3.63) is 11.1 Å². The Bertz CT molecular complexity index is 1120. The summed E-state index contributed by atoms with van der Waals surface area (Å²) in [5.41, 5.74) is 3.11. The fourth-order valence-corrected chi connectivity index (χ4v) is 11.9. The standard InChI is InChI=1S/C58H110N2O4/c1-11-13-15-17-19-21-23-25-27-29-31-33-35-37-39-41-53(61)63-45-43-59-55(3,4)47-51(48-56(59,5)6)52-49-57(7,8)60(58(9,10)50-52)44-46-64-54(62)42-40-38-36-34-32-30-28-26-24-22-20-18-16-14-12-2/h11-50H2,1-10H3. The van der Waals surface area contributed by atoms with Crippen LogP contribution in [0.25, 0.3) is 0 Å². The van der Waals surface area contributed by atoms with E-state index in [0.29, 0.717) is 26.1 Å². The van der Waals surface area contributed by atoms with Gasteiger partial charge < -0.3 is 9.47 Å². The first-order valence-electron chi connectivity index (χ1n) is 28.1. The minimum atomic E-state index is -0.0312. The second-order valence-corrected chi connectivity index (χ2v) is 23.3. The molecule has 0 N–H and O–H groups in total. The number of rotatable bonds is 38. The molecular formula is C58H110N2O4. The third-order valence-electron chi connectivity index (χ3n) is 15.1. The summed E-state index contributed by atoms with van der Waals surface area (Å²) < 4.78 is 11.7. The number of hydrogen-bond donors (Lipinski definition) is 0. The van der Waals surface area contributed by atoms with Crippen LogP contribution in [0, 0.1) is 0 Å². The van der Waals surface area contributed by atoms with Crippen LogP contribution in [0.5, 0.6) is 0 Å². The zero-order valence-electron chi connectivity index (χ0n) is 44.8. The maximum Gasteiger partial charge on any atom is 0.305 e. The molecule has 6 nitrogen and oxygen atoms in total. The van der Waals surface area contributed by atoms with Gasteiger partial charge in [0.25, 0.3) is 0 Å². The molecule has 0 aromatic carbocycles. The average Bonchev–Trinajstić information content (AvgIpc) is 3.22. The summed E-state index contributed by atoms with van der Waals surface area (Å²) in [7, 11) is 0. The van der Waals surface area contributed by atoms with Crippen LogP contribution < -0.4 is 0 Å². The van der Waals surface area contributed by atoms with Crippen LogP contribution in [0.15, 0.2) is 11.1 Å². The molecule has 0 atom stereocenters. The molecule has 0 radical (unpaired) electrons. The van der Waals surface area contributed by atoms with Gasteiger partial charge in [-0.15, -0.1) is 0 Å². The minimum absolute atomic E-state index is 0.0307. The topological polar surface area (TPSA) is 59.1 Å². The summed E-state index contributed by atoms with van der Waals surface area (Å²) in [5.74, 6) is -0.0623. The number of carbonyl (C=O) groups excluding carboxylic acids is 2. The number of piperidine rings is 2. The van der Waals surface area contributed by atoms with Gasteiger partial charge >= 0.3 is 11.9 Å². The van der Waals surface area contributed by atoms with Gasteiger partial charge in [-0.25, -0.2) is 0 Å². The number of unbranched alkanes of at least 4 members (excludes halogenated alkanes) is 28. The molecule has 2 aliphatic rings. The Morgan fingerprint density at radius 3 is 0.781 bits per heavy atom. The van der Waals surface area contributed by atoms with Crippen molar-refractivity contribution < 1.29 is 19.1 Å². The summed E-state index contributed by atoms with van der Waals surface area (Å²) in [6, 6.07) is 0. The molecule has 376 valence electrons. The van der Waals surface area contributed by atoms with Crippen molar-refractivity contribution in [1.29, 1.82) is 0 Å². The summed E-state index contributed by atoms with van der Waals surface area (Å²) >= 11 is 0. The van der Waals surface area contributed by atoms with E-state index in [-0.39, 0.29) is 34.1 Å². The highest BCUT2D eigenvalue weighted by Gasteiger charge is 2.47. The molecule has 2 rings (SSSR count). The van der Waals surface area contributed by atoms with E-state index in [1.54, 1.807) is 11.1 Å². The van der Waals surface area contributed by atoms with Crippen LogP contribution in [0.3, 0.4) is 0 Å². The van der Waals surface area contributed by atoms with Crippen LogP contribution in [-0.4, -0.2) is 70.2 Å². The van der Waals surface area contributed by atoms with Gasteiger partial charge in [-0.1, -0.05) is 205 Å². The molecule has 2 aliphatic heterocycles. The van der Waals surface area contributed by atoms with Crippen LogP contribution in [0.1, 0.15) is 300 Å². The normalized spacial score (nSPS) is 18.4. The lowest BCUT2D eigenvalue weighted by Gasteiger charge is -2.57. The molecule has 0 unspecified atom stereocenters. The van der Waals surface area contributed by atoms with E-state index in [4.69, 9.17) is 9.47 Å². The van der Waals surface area contributed by atoms with Gasteiger partial charge in [0.05, 0.1) is 0 Å². The highest BCUT2D eigenvalue weighted by Crippen LogP contribution is 2.48. The van der Waals surface area contributed by atoms with E-state index in [9.17, 15) is 9.59 Å². The van der Waals surface area contributed by atoms with Gasteiger partial charge in [0.15, 0.2) is 0 Å². The Kier molecular flexibility index (Phi) is 30.4. The van der Waals surface area contributed by atoms with Gasteiger partial charge in [-0.2, -0.15) is 0 Å². The third-order valence-corrected chi connectivity index (χ3v) is 15.1. The molecule has 0 bridgehead atoms. The molecule has 0 spiro atoms. The Hall–Kier alpha value is -1.40. The number of carbonyl (C=O) groups is 2. The Balaban J connectivity index is 1.64. The van der Waals surface area contributed by atoms with E-state index >= 15 is 0 Å². The lowest BCUT2D eigenvalue weighted by atomic mass is 9.69. The number of ether oxygens (including phenoxy) is 2. The largest absolute Gasteiger partial charge is 0.464 e. The Morgan fingerprint density at radius 1 is 0.359 bits per heavy atom. The van der Waals surface area contributed by atoms with E-state index in [1.807, 2.05) is 0 Å². The van der Waals surface area contributed by atoms with E-state index < -0.39 is 0 Å². The predicted octanol–water partition coefficient (Wildman–Crippen LogP) is 17.2. The Labute approximate surface area is 399 Å². The van der Waals surface area contributed by atoms with Crippen molar-refractivity contribution in [3.63, 3.8) is 0 Å². The first kappa shape index (κ1) is 58.7. The van der Waals surface area contributed by atoms with Gasteiger partial charge in [-0.05, 0) is 93.9 Å². The quantitative estimate of drug-likeness (QED) is 0.0350. The molecule has 0 saturated carbocycles. The maximum absolute atomic E-state index is 12.7. The summed E-state index contributed by atoms with van der Waals surface area (Å²) in [5, 5.41) is 0. The van der Waals surface area contributed by atoms with Crippen molar-refractivity contribution in [2.24, 2.45) is 0 Å². The first-order chi connectivity index (χ1) is 30.6. The second-order valence-electron chi connectivity index (χ2n) is 23.3. The van der Waals surface area contributed by atoms with Crippen molar-refractivity contribution in [3.8, 4) is 0 Å². The number of likely N-dealkylation sites (tertiary alicyclic amines) is 2. The number of nitrogens with zero attached hydrogens (tertiary/aromatic N) is 2. The molecule has 6 heteroatoms. The van der Waals surface area contributed by atoms with Crippen molar-refractivity contribution in [1.82, 2.24) is 9.80 Å². The molecule has 2 saturated heterocycles. The van der Waals surface area contributed by atoms with Crippen LogP contribution in [-0.2, 0) is 19.1 Å². The maximum atomic E-state index is 12.7. The molecule has 0 aliphatic carbocycles. The lowest BCUT2D eigenvalue weighted by Crippen LogP contribution is -2.62. The summed E-state index contributed by atoms with van der Waals surface area (Å²) in [4.78, 5) is 30.6. The molecule has 2 fully saturated rings. The summed E-state index contributed by atoms with van der Waals surface area (Å²) in [6.07, 6.45) is 45.2.